The van der Waals surface area contributed by atoms with E-state index < -0.39 is 0 Å². The molecule has 0 aliphatic carbocycles. The van der Waals surface area contributed by atoms with Gasteiger partial charge in [0.25, 0.3) is 5.56 Å². The fraction of sp³-hybridized carbons (Fsp3) is 0.125. The predicted octanol–water partition coefficient (Wildman–Crippen LogP) is 4.06. The van der Waals surface area contributed by atoms with Crippen LogP contribution in [0.25, 0.3) is 10.9 Å². The van der Waals surface area contributed by atoms with Gasteiger partial charge < -0.3 is 0 Å². The van der Waals surface area contributed by atoms with Crippen molar-refractivity contribution in [2.75, 3.05) is 0 Å². The molecule has 0 spiro atoms. The van der Waals surface area contributed by atoms with E-state index in [1.165, 1.54) is 0 Å². The van der Waals surface area contributed by atoms with Gasteiger partial charge in [-0.05, 0) is 36.2 Å². The van der Waals surface area contributed by atoms with Crippen LogP contribution >= 0.6 is 23.2 Å². The highest BCUT2D eigenvalue weighted by Crippen LogP contribution is 2.23. The fourth-order valence-corrected chi connectivity index (χ4v) is 2.61. The summed E-state index contributed by atoms with van der Waals surface area (Å²) in [6, 6.07) is 10.9. The smallest absolute Gasteiger partial charge is 0.261 e. The van der Waals surface area contributed by atoms with Gasteiger partial charge in [0.15, 0.2) is 0 Å². The zero-order valence-corrected chi connectivity index (χ0v) is 12.8. The second kappa shape index (κ2) is 5.51. The van der Waals surface area contributed by atoms with Crippen LogP contribution in [-0.4, -0.2) is 9.55 Å². The van der Waals surface area contributed by atoms with Crippen LogP contribution in [0.15, 0.2) is 47.5 Å². The summed E-state index contributed by atoms with van der Waals surface area (Å²) in [5.74, 6) is 0. The topological polar surface area (TPSA) is 34.9 Å². The van der Waals surface area contributed by atoms with Crippen LogP contribution in [0.3, 0.4) is 0 Å². The van der Waals surface area contributed by atoms with Crippen molar-refractivity contribution in [1.29, 1.82) is 0 Å². The lowest BCUT2D eigenvalue weighted by Gasteiger charge is -2.08. The molecule has 0 atom stereocenters. The molecule has 1 aromatic heterocycles. The van der Waals surface area contributed by atoms with Gasteiger partial charge in [0.1, 0.15) is 0 Å². The first-order valence-corrected chi connectivity index (χ1v) is 7.20. The van der Waals surface area contributed by atoms with Crippen molar-refractivity contribution in [3.8, 4) is 0 Å². The Kier molecular flexibility index (Phi) is 3.70. The van der Waals surface area contributed by atoms with Crippen molar-refractivity contribution in [3.05, 3.63) is 74.3 Å². The van der Waals surface area contributed by atoms with E-state index in [-0.39, 0.29) is 5.56 Å². The third-order valence-corrected chi connectivity index (χ3v) is 4.13. The molecule has 2 aromatic carbocycles. The summed E-state index contributed by atoms with van der Waals surface area (Å²) in [5, 5.41) is 1.60. The van der Waals surface area contributed by atoms with Crippen LogP contribution in [0.5, 0.6) is 0 Å². The van der Waals surface area contributed by atoms with Gasteiger partial charge in [0.05, 0.1) is 33.8 Å². The van der Waals surface area contributed by atoms with Gasteiger partial charge in [-0.15, -0.1) is 0 Å². The van der Waals surface area contributed by atoms with Crippen LogP contribution in [0, 0.1) is 6.92 Å². The number of para-hydroxylation sites is 1. The Bertz CT molecular complexity index is 887. The first kappa shape index (κ1) is 14.1. The Morgan fingerprint density at radius 3 is 2.71 bits per heavy atom. The summed E-state index contributed by atoms with van der Waals surface area (Å²) in [7, 11) is 0. The molecule has 5 heteroatoms. The van der Waals surface area contributed by atoms with Crippen LogP contribution in [0.1, 0.15) is 11.1 Å². The summed E-state index contributed by atoms with van der Waals surface area (Å²) < 4.78 is 1.57. The number of aryl methyl sites for hydroxylation is 1. The Hall–Kier alpha value is -1.84. The average molecular weight is 319 g/mol. The molecule has 0 saturated heterocycles. The first-order valence-electron chi connectivity index (χ1n) is 6.45. The second-order valence-electron chi connectivity index (χ2n) is 4.90. The summed E-state index contributed by atoms with van der Waals surface area (Å²) in [6.07, 6.45) is 1.57. The molecule has 0 bridgehead atoms. The minimum absolute atomic E-state index is 0.0604. The Morgan fingerprint density at radius 1 is 1.14 bits per heavy atom. The van der Waals surface area contributed by atoms with Crippen molar-refractivity contribution in [1.82, 2.24) is 9.55 Å². The Morgan fingerprint density at radius 2 is 1.95 bits per heavy atom. The highest BCUT2D eigenvalue weighted by molar-refractivity contribution is 6.42. The minimum Gasteiger partial charge on any atom is -0.294 e. The zero-order valence-electron chi connectivity index (χ0n) is 11.3. The standard InChI is InChI=1S/C16H12Cl2N2O/c1-10-3-2-4-12-15(10)19-9-20(16(12)21)8-11-5-6-13(17)14(18)7-11/h2-7,9H,8H2,1H3. The average Bonchev–Trinajstić information content (AvgIpc) is 2.46. The van der Waals surface area contributed by atoms with E-state index in [9.17, 15) is 4.79 Å². The normalized spacial score (nSPS) is 11.0. The molecule has 0 fully saturated rings. The van der Waals surface area contributed by atoms with Gasteiger partial charge in [-0.25, -0.2) is 4.98 Å². The van der Waals surface area contributed by atoms with Gasteiger partial charge in [-0.2, -0.15) is 0 Å². The summed E-state index contributed by atoms with van der Waals surface area (Å²) in [4.78, 5) is 16.9. The lowest BCUT2D eigenvalue weighted by Crippen LogP contribution is -2.21. The second-order valence-corrected chi connectivity index (χ2v) is 5.71. The van der Waals surface area contributed by atoms with Crippen molar-refractivity contribution in [3.63, 3.8) is 0 Å². The third-order valence-electron chi connectivity index (χ3n) is 3.39. The molecule has 1 heterocycles. The maximum absolute atomic E-state index is 12.5. The van der Waals surface area contributed by atoms with Crippen LogP contribution in [-0.2, 0) is 6.54 Å². The minimum atomic E-state index is -0.0604. The zero-order chi connectivity index (χ0) is 15.0. The molecule has 3 aromatic rings. The maximum Gasteiger partial charge on any atom is 0.261 e. The van der Waals surface area contributed by atoms with Gasteiger partial charge in [0.2, 0.25) is 0 Å². The number of hydrogen-bond acceptors (Lipinski definition) is 2. The third kappa shape index (κ3) is 2.67. The lowest BCUT2D eigenvalue weighted by molar-refractivity contribution is 0.748. The van der Waals surface area contributed by atoms with E-state index in [1.807, 2.05) is 25.1 Å². The van der Waals surface area contributed by atoms with E-state index in [2.05, 4.69) is 4.98 Å². The number of benzene rings is 2. The van der Waals surface area contributed by atoms with E-state index in [4.69, 9.17) is 23.2 Å². The molecule has 106 valence electrons. The number of rotatable bonds is 2. The molecule has 0 aliphatic heterocycles. The molecular formula is C16H12Cl2N2O. The van der Waals surface area contributed by atoms with E-state index >= 15 is 0 Å². The summed E-state index contributed by atoms with van der Waals surface area (Å²) >= 11 is 11.9. The highest BCUT2D eigenvalue weighted by Gasteiger charge is 2.07. The molecule has 3 nitrogen and oxygen atoms in total. The van der Waals surface area contributed by atoms with Crippen molar-refractivity contribution >= 4 is 34.1 Å². The first-order chi connectivity index (χ1) is 10.1. The van der Waals surface area contributed by atoms with Crippen LogP contribution < -0.4 is 5.56 Å². The molecule has 0 saturated carbocycles. The molecule has 0 N–H and O–H groups in total. The van der Waals surface area contributed by atoms with E-state index in [0.717, 1.165) is 16.6 Å². The lowest BCUT2D eigenvalue weighted by atomic mass is 10.1. The van der Waals surface area contributed by atoms with Crippen LogP contribution in [0.2, 0.25) is 10.0 Å². The number of fused-ring (bicyclic) bond motifs is 1. The Labute approximate surface area is 131 Å². The van der Waals surface area contributed by atoms with Crippen LogP contribution in [0.4, 0.5) is 0 Å². The van der Waals surface area contributed by atoms with Crippen molar-refractivity contribution in [2.24, 2.45) is 0 Å². The molecule has 0 unspecified atom stereocenters. The number of halogens is 2. The molecule has 3 rings (SSSR count). The van der Waals surface area contributed by atoms with Crippen molar-refractivity contribution < 1.29 is 0 Å². The molecule has 21 heavy (non-hydrogen) atoms. The van der Waals surface area contributed by atoms with Gasteiger partial charge >= 0.3 is 0 Å². The predicted molar refractivity (Wildman–Crippen MR) is 86.3 cm³/mol. The van der Waals surface area contributed by atoms with Gasteiger partial charge in [-0.3, -0.25) is 9.36 Å². The largest absolute Gasteiger partial charge is 0.294 e. The number of nitrogens with zero attached hydrogens (tertiary/aromatic N) is 2. The summed E-state index contributed by atoms with van der Waals surface area (Å²) in [5.41, 5.74) is 2.58. The van der Waals surface area contributed by atoms with E-state index in [0.29, 0.717) is 22.0 Å². The number of hydrogen-bond donors (Lipinski definition) is 0. The molecule has 0 radical (unpaired) electrons. The maximum atomic E-state index is 12.5. The molecule has 0 amide bonds. The monoisotopic (exact) mass is 318 g/mol. The Balaban J connectivity index is 2.07. The molecular weight excluding hydrogens is 307 g/mol. The number of aromatic nitrogens is 2. The fourth-order valence-electron chi connectivity index (χ4n) is 2.28. The molecule has 0 aliphatic rings. The van der Waals surface area contributed by atoms with Crippen molar-refractivity contribution in [2.45, 2.75) is 13.5 Å². The SMILES string of the molecule is Cc1cccc2c(=O)n(Cc3ccc(Cl)c(Cl)c3)cnc12. The highest BCUT2D eigenvalue weighted by atomic mass is 35.5. The summed E-state index contributed by atoms with van der Waals surface area (Å²) in [6.45, 7) is 2.35. The van der Waals surface area contributed by atoms with E-state index in [1.54, 1.807) is 29.1 Å². The quantitative estimate of drug-likeness (QED) is 0.714. The van der Waals surface area contributed by atoms with Gasteiger partial charge in [-0.1, -0.05) is 41.4 Å². The van der Waals surface area contributed by atoms with Gasteiger partial charge in [0, 0.05) is 0 Å².